The minimum absolute atomic E-state index is 0.0591. The summed E-state index contributed by atoms with van der Waals surface area (Å²) < 4.78 is 20.4. The largest absolute Gasteiger partial charge is 0.383 e. The van der Waals surface area contributed by atoms with Gasteiger partial charge in [-0.2, -0.15) is 5.26 Å². The number of ether oxygens (including phenoxy) is 1. The molecule has 8 nitrogen and oxygen atoms in total. The number of hydrogen-bond donors (Lipinski definition) is 1. The summed E-state index contributed by atoms with van der Waals surface area (Å²) in [5.41, 5.74) is 3.37. The molecule has 1 aromatic heterocycles. The number of aryl methyl sites for hydroxylation is 1. The highest BCUT2D eigenvalue weighted by atomic mass is 19.1. The Labute approximate surface area is 199 Å². The molecule has 0 saturated carbocycles. The van der Waals surface area contributed by atoms with Crippen molar-refractivity contribution in [2.45, 2.75) is 26.8 Å². The van der Waals surface area contributed by atoms with Crippen molar-refractivity contribution < 1.29 is 18.7 Å². The molecular formula is C25H30FN5O3. The number of nitriles is 1. The number of halogens is 1. The monoisotopic (exact) mass is 467 g/mol. The fraction of sp³-hybridized carbons (Fsp3) is 0.400. The Bertz CT molecular complexity index is 1110. The third kappa shape index (κ3) is 5.64. The zero-order valence-corrected chi connectivity index (χ0v) is 20.0. The van der Waals surface area contributed by atoms with Crippen LogP contribution in [0.3, 0.4) is 0 Å². The Morgan fingerprint density at radius 2 is 1.79 bits per heavy atom. The van der Waals surface area contributed by atoms with E-state index in [0.717, 1.165) is 17.0 Å². The first-order valence-electron chi connectivity index (χ1n) is 11.1. The summed E-state index contributed by atoms with van der Waals surface area (Å²) in [4.78, 5) is 28.7. The third-order valence-corrected chi connectivity index (χ3v) is 5.97. The number of rotatable bonds is 6. The van der Waals surface area contributed by atoms with E-state index in [9.17, 15) is 19.2 Å². The van der Waals surface area contributed by atoms with Gasteiger partial charge in [0, 0.05) is 50.4 Å². The van der Waals surface area contributed by atoms with Gasteiger partial charge in [-0.3, -0.25) is 4.79 Å². The van der Waals surface area contributed by atoms with E-state index >= 15 is 0 Å². The van der Waals surface area contributed by atoms with Gasteiger partial charge in [-0.1, -0.05) is 0 Å². The molecule has 9 heteroatoms. The summed E-state index contributed by atoms with van der Waals surface area (Å²) in [5.74, 6) is -0.728. The standard InChI is InChI=1S/C25H30FN5O3/c1-17-13-20(19(3)31(17)18(2)16-34-4)14-21(15-27)24(32)29-9-11-30(12-10-29)25(33)28-23-7-5-22(26)6-8-23/h5-8,13-14,18H,9-12,16H2,1-4H3,(H,28,33)/b21-14-. The van der Waals surface area contributed by atoms with Crippen LogP contribution in [-0.4, -0.2) is 66.2 Å². The Hall–Kier alpha value is -3.64. The smallest absolute Gasteiger partial charge is 0.321 e. The Morgan fingerprint density at radius 1 is 1.18 bits per heavy atom. The lowest BCUT2D eigenvalue weighted by Gasteiger charge is -2.34. The number of carbonyl (C=O) groups excluding carboxylic acids is 2. The molecule has 1 aromatic carbocycles. The number of urea groups is 1. The molecule has 0 radical (unpaired) electrons. The highest BCUT2D eigenvalue weighted by molar-refractivity contribution is 6.02. The lowest BCUT2D eigenvalue weighted by atomic mass is 10.1. The Morgan fingerprint density at radius 3 is 2.38 bits per heavy atom. The molecule has 2 aromatic rings. The van der Waals surface area contributed by atoms with Crippen molar-refractivity contribution >= 4 is 23.7 Å². The number of nitrogens with zero attached hydrogens (tertiary/aromatic N) is 4. The first-order chi connectivity index (χ1) is 16.2. The van der Waals surface area contributed by atoms with Crippen LogP contribution in [-0.2, 0) is 9.53 Å². The quantitative estimate of drug-likeness (QED) is 0.518. The topological polar surface area (TPSA) is 90.6 Å². The first-order valence-corrected chi connectivity index (χ1v) is 11.1. The van der Waals surface area contributed by atoms with Gasteiger partial charge in [-0.05, 0) is 62.7 Å². The summed E-state index contributed by atoms with van der Waals surface area (Å²) in [6.45, 7) is 7.86. The fourth-order valence-electron chi connectivity index (χ4n) is 4.26. The van der Waals surface area contributed by atoms with Crippen LogP contribution in [0.25, 0.3) is 6.08 Å². The summed E-state index contributed by atoms with van der Waals surface area (Å²) in [6, 6.07) is 9.35. The van der Waals surface area contributed by atoms with Gasteiger partial charge in [0.15, 0.2) is 0 Å². The van der Waals surface area contributed by atoms with Crippen LogP contribution < -0.4 is 5.32 Å². The number of piperazine rings is 1. The predicted molar refractivity (Wildman–Crippen MR) is 128 cm³/mol. The maximum absolute atomic E-state index is 13.0. The van der Waals surface area contributed by atoms with Crippen molar-refractivity contribution in [3.8, 4) is 6.07 Å². The van der Waals surface area contributed by atoms with Gasteiger partial charge in [-0.25, -0.2) is 9.18 Å². The van der Waals surface area contributed by atoms with E-state index in [2.05, 4.69) is 16.8 Å². The normalized spacial score (nSPS) is 15.1. The van der Waals surface area contributed by atoms with Gasteiger partial charge in [-0.15, -0.1) is 0 Å². The van der Waals surface area contributed by atoms with Gasteiger partial charge in [0.1, 0.15) is 17.5 Å². The number of carbonyl (C=O) groups is 2. The zero-order valence-electron chi connectivity index (χ0n) is 20.0. The molecule has 0 bridgehead atoms. The zero-order chi connectivity index (χ0) is 24.8. The number of anilines is 1. The van der Waals surface area contributed by atoms with Crippen molar-refractivity contribution in [3.05, 3.63) is 58.7 Å². The average molecular weight is 468 g/mol. The third-order valence-electron chi connectivity index (χ3n) is 5.97. The summed E-state index contributed by atoms with van der Waals surface area (Å²) >= 11 is 0. The van der Waals surface area contributed by atoms with E-state index in [0.29, 0.717) is 38.5 Å². The van der Waals surface area contributed by atoms with Crippen LogP contribution in [0, 0.1) is 31.0 Å². The SMILES string of the molecule is COCC(C)n1c(C)cc(/C=C(/C#N)C(=O)N2CCN(C(=O)Nc3ccc(F)cc3)CC2)c1C. The maximum Gasteiger partial charge on any atom is 0.321 e. The predicted octanol–water partition coefficient (Wildman–Crippen LogP) is 3.73. The summed E-state index contributed by atoms with van der Waals surface area (Å²) in [7, 11) is 1.66. The van der Waals surface area contributed by atoms with Crippen LogP contribution in [0.4, 0.5) is 14.9 Å². The maximum atomic E-state index is 13.0. The molecule has 2 heterocycles. The lowest BCUT2D eigenvalue weighted by molar-refractivity contribution is -0.127. The van der Waals surface area contributed by atoms with Crippen LogP contribution in [0.5, 0.6) is 0 Å². The average Bonchev–Trinajstić information content (AvgIpc) is 3.11. The molecule has 1 saturated heterocycles. The molecule has 0 spiro atoms. The van der Waals surface area contributed by atoms with Gasteiger partial charge >= 0.3 is 6.03 Å². The lowest BCUT2D eigenvalue weighted by Crippen LogP contribution is -2.51. The minimum Gasteiger partial charge on any atom is -0.383 e. The van der Waals surface area contributed by atoms with Crippen molar-refractivity contribution in [3.63, 3.8) is 0 Å². The Kier molecular flexibility index (Phi) is 8.08. The van der Waals surface area contributed by atoms with Crippen molar-refractivity contribution in [1.29, 1.82) is 5.26 Å². The number of methoxy groups -OCH3 is 1. The van der Waals surface area contributed by atoms with Crippen LogP contribution in [0.15, 0.2) is 35.9 Å². The molecule has 1 unspecified atom stereocenters. The second-order valence-corrected chi connectivity index (χ2v) is 8.39. The molecular weight excluding hydrogens is 437 g/mol. The number of nitrogens with one attached hydrogen (secondary N) is 1. The molecule has 1 fully saturated rings. The van der Waals surface area contributed by atoms with Gasteiger partial charge in [0.2, 0.25) is 0 Å². The summed E-state index contributed by atoms with van der Waals surface area (Å²) in [6.07, 6.45) is 1.63. The molecule has 3 rings (SSSR count). The number of hydrogen-bond acceptors (Lipinski definition) is 4. The molecule has 1 aliphatic rings. The van der Waals surface area contributed by atoms with E-state index in [-0.39, 0.29) is 29.4 Å². The van der Waals surface area contributed by atoms with Crippen LogP contribution >= 0.6 is 0 Å². The minimum atomic E-state index is -0.377. The van der Waals surface area contributed by atoms with Gasteiger partial charge in [0.25, 0.3) is 5.91 Å². The van der Waals surface area contributed by atoms with E-state index in [1.54, 1.807) is 23.0 Å². The highest BCUT2D eigenvalue weighted by Crippen LogP contribution is 2.23. The van der Waals surface area contributed by atoms with E-state index in [1.807, 2.05) is 26.0 Å². The van der Waals surface area contributed by atoms with Gasteiger partial charge < -0.3 is 24.4 Å². The van der Waals surface area contributed by atoms with E-state index in [1.165, 1.54) is 24.3 Å². The fourth-order valence-corrected chi connectivity index (χ4v) is 4.26. The van der Waals surface area contributed by atoms with Crippen molar-refractivity contribution in [2.24, 2.45) is 0 Å². The Balaban J connectivity index is 1.65. The molecule has 3 amide bonds. The van der Waals surface area contributed by atoms with Crippen LogP contribution in [0.1, 0.15) is 29.9 Å². The number of benzene rings is 1. The van der Waals surface area contributed by atoms with Crippen molar-refractivity contribution in [1.82, 2.24) is 14.4 Å². The molecule has 1 atom stereocenters. The van der Waals surface area contributed by atoms with Crippen LogP contribution in [0.2, 0.25) is 0 Å². The van der Waals surface area contributed by atoms with E-state index < -0.39 is 0 Å². The number of aromatic nitrogens is 1. The molecule has 1 N–H and O–H groups in total. The number of amides is 3. The second kappa shape index (κ2) is 11.0. The molecule has 34 heavy (non-hydrogen) atoms. The van der Waals surface area contributed by atoms with E-state index in [4.69, 9.17) is 4.74 Å². The summed E-state index contributed by atoms with van der Waals surface area (Å²) in [5, 5.41) is 12.4. The van der Waals surface area contributed by atoms with Crippen molar-refractivity contribution in [2.75, 3.05) is 45.2 Å². The van der Waals surface area contributed by atoms with Gasteiger partial charge in [0.05, 0.1) is 12.6 Å². The molecule has 0 aliphatic carbocycles. The highest BCUT2D eigenvalue weighted by Gasteiger charge is 2.26. The molecule has 180 valence electrons. The first kappa shape index (κ1) is 25.0. The second-order valence-electron chi connectivity index (χ2n) is 8.39. The molecule has 1 aliphatic heterocycles.